The standard InChI is InChI=1S/C13H11N5S/c1-9-12(17-13(14)19-9)11-6-4-10(5-7-11)3-2-8-16-18-15/h4-7H,8H2,1H3,(H2,14,17). The van der Waals surface area contributed by atoms with Gasteiger partial charge in [-0.3, -0.25) is 0 Å². The zero-order chi connectivity index (χ0) is 13.7. The Hall–Kier alpha value is -2.48. The summed E-state index contributed by atoms with van der Waals surface area (Å²) >= 11 is 1.48. The van der Waals surface area contributed by atoms with Gasteiger partial charge < -0.3 is 5.73 Å². The lowest BCUT2D eigenvalue weighted by molar-refractivity contribution is 1.25. The van der Waals surface area contributed by atoms with Crippen LogP contribution in [0.3, 0.4) is 0 Å². The van der Waals surface area contributed by atoms with Crippen LogP contribution in [0.1, 0.15) is 10.4 Å². The molecule has 0 fully saturated rings. The summed E-state index contributed by atoms with van der Waals surface area (Å²) in [6.07, 6.45) is 0. The molecule has 1 heterocycles. The largest absolute Gasteiger partial charge is 0.375 e. The van der Waals surface area contributed by atoms with Crippen LogP contribution in [0.15, 0.2) is 29.4 Å². The van der Waals surface area contributed by atoms with Gasteiger partial charge in [0, 0.05) is 20.9 Å². The first-order valence-corrected chi connectivity index (χ1v) is 6.35. The number of nitrogen functional groups attached to an aromatic ring is 1. The van der Waals surface area contributed by atoms with Gasteiger partial charge in [0.2, 0.25) is 0 Å². The van der Waals surface area contributed by atoms with E-state index in [1.54, 1.807) is 0 Å². The minimum atomic E-state index is 0.181. The van der Waals surface area contributed by atoms with E-state index in [1.807, 2.05) is 31.2 Å². The normalized spacial score (nSPS) is 9.32. The molecule has 0 aliphatic rings. The van der Waals surface area contributed by atoms with Gasteiger partial charge in [0.25, 0.3) is 0 Å². The molecule has 0 atom stereocenters. The van der Waals surface area contributed by atoms with Crippen molar-refractivity contribution in [2.75, 3.05) is 12.3 Å². The Bertz CT molecular complexity index is 684. The summed E-state index contributed by atoms with van der Waals surface area (Å²) in [5.41, 5.74) is 16.6. The maximum Gasteiger partial charge on any atom is 0.180 e. The van der Waals surface area contributed by atoms with Crippen molar-refractivity contribution in [2.45, 2.75) is 6.92 Å². The first kappa shape index (κ1) is 13.0. The summed E-state index contributed by atoms with van der Waals surface area (Å²) in [4.78, 5) is 8.03. The number of thiazole rings is 1. The molecule has 0 aliphatic carbocycles. The molecule has 1 aromatic heterocycles. The molecule has 94 valence electrons. The molecule has 19 heavy (non-hydrogen) atoms. The molecule has 0 bridgehead atoms. The molecule has 2 rings (SSSR count). The second kappa shape index (κ2) is 5.91. The number of nitrogens with two attached hydrogens (primary N) is 1. The van der Waals surface area contributed by atoms with Crippen LogP contribution < -0.4 is 5.73 Å². The molecule has 0 radical (unpaired) electrons. The molecule has 0 spiro atoms. The van der Waals surface area contributed by atoms with Crippen LogP contribution in [0.25, 0.3) is 21.7 Å². The third kappa shape index (κ3) is 3.26. The zero-order valence-corrected chi connectivity index (χ0v) is 11.1. The van der Waals surface area contributed by atoms with Gasteiger partial charge in [-0.1, -0.05) is 29.1 Å². The highest BCUT2D eigenvalue weighted by Gasteiger charge is 2.07. The highest BCUT2D eigenvalue weighted by molar-refractivity contribution is 7.15. The van der Waals surface area contributed by atoms with Gasteiger partial charge >= 0.3 is 0 Å². The number of nitrogens with zero attached hydrogens (tertiary/aromatic N) is 4. The number of aryl methyl sites for hydroxylation is 1. The van der Waals surface area contributed by atoms with E-state index in [4.69, 9.17) is 11.3 Å². The van der Waals surface area contributed by atoms with Crippen LogP contribution in [0.2, 0.25) is 0 Å². The average molecular weight is 269 g/mol. The smallest absolute Gasteiger partial charge is 0.180 e. The number of aromatic nitrogens is 1. The molecule has 2 N–H and O–H groups in total. The zero-order valence-electron chi connectivity index (χ0n) is 10.3. The van der Waals surface area contributed by atoms with E-state index in [1.165, 1.54) is 11.3 Å². The van der Waals surface area contributed by atoms with E-state index in [2.05, 4.69) is 26.9 Å². The van der Waals surface area contributed by atoms with Gasteiger partial charge in [-0.25, -0.2) is 4.98 Å². The average Bonchev–Trinajstić information content (AvgIpc) is 2.75. The monoisotopic (exact) mass is 269 g/mol. The molecule has 2 aromatic rings. The number of benzene rings is 1. The van der Waals surface area contributed by atoms with Gasteiger partial charge in [0.05, 0.1) is 12.2 Å². The van der Waals surface area contributed by atoms with Crippen molar-refractivity contribution < 1.29 is 0 Å². The molecule has 0 saturated carbocycles. The quantitative estimate of drug-likeness (QED) is 0.392. The Balaban J connectivity index is 2.20. The van der Waals surface area contributed by atoms with Crippen LogP contribution in [-0.4, -0.2) is 11.5 Å². The van der Waals surface area contributed by atoms with E-state index in [0.29, 0.717) is 5.13 Å². The maximum absolute atomic E-state index is 8.13. The molecular weight excluding hydrogens is 258 g/mol. The Morgan fingerprint density at radius 1 is 1.42 bits per heavy atom. The SMILES string of the molecule is Cc1sc(N)nc1-c1ccc(C#CCN=[N+]=[N-])cc1. The van der Waals surface area contributed by atoms with Crippen molar-refractivity contribution in [1.29, 1.82) is 0 Å². The Labute approximate surface area is 114 Å². The molecule has 0 saturated heterocycles. The Kier molecular flexibility index (Phi) is 4.04. The van der Waals surface area contributed by atoms with Gasteiger partial charge in [0.15, 0.2) is 5.13 Å². The summed E-state index contributed by atoms with van der Waals surface area (Å²) in [6, 6.07) is 7.74. The van der Waals surface area contributed by atoms with Gasteiger partial charge in [-0.05, 0) is 24.6 Å². The second-order valence-electron chi connectivity index (χ2n) is 3.73. The predicted molar refractivity (Wildman–Crippen MR) is 77.6 cm³/mol. The molecule has 0 aliphatic heterocycles. The summed E-state index contributed by atoms with van der Waals surface area (Å²) in [6.45, 7) is 2.18. The van der Waals surface area contributed by atoms with Crippen LogP contribution in [0, 0.1) is 18.8 Å². The summed E-state index contributed by atoms with van der Waals surface area (Å²) in [5.74, 6) is 5.69. The van der Waals surface area contributed by atoms with Crippen LogP contribution >= 0.6 is 11.3 Å². The van der Waals surface area contributed by atoms with Gasteiger partial charge in [-0.15, -0.1) is 11.3 Å². The van der Waals surface area contributed by atoms with Crippen LogP contribution in [0.4, 0.5) is 5.13 Å². The van der Waals surface area contributed by atoms with E-state index in [0.717, 1.165) is 21.7 Å². The fourth-order valence-electron chi connectivity index (χ4n) is 1.60. The predicted octanol–water partition coefficient (Wildman–Crippen LogP) is 3.36. The third-order valence-corrected chi connectivity index (χ3v) is 3.22. The molecule has 1 aromatic carbocycles. The van der Waals surface area contributed by atoms with E-state index in [-0.39, 0.29) is 6.54 Å². The van der Waals surface area contributed by atoms with E-state index < -0.39 is 0 Å². The van der Waals surface area contributed by atoms with Crippen LogP contribution in [-0.2, 0) is 0 Å². The lowest BCUT2D eigenvalue weighted by Crippen LogP contribution is -1.84. The topological polar surface area (TPSA) is 87.7 Å². The van der Waals surface area contributed by atoms with Crippen molar-refractivity contribution in [2.24, 2.45) is 5.11 Å². The molecule has 5 nitrogen and oxygen atoms in total. The minimum absolute atomic E-state index is 0.181. The minimum Gasteiger partial charge on any atom is -0.375 e. The first-order valence-electron chi connectivity index (χ1n) is 5.54. The van der Waals surface area contributed by atoms with Crippen molar-refractivity contribution in [3.05, 3.63) is 45.1 Å². The first-order chi connectivity index (χ1) is 9.20. The number of hydrogen-bond donors (Lipinski definition) is 1. The summed E-state index contributed by atoms with van der Waals surface area (Å²) < 4.78 is 0. The fourth-order valence-corrected chi connectivity index (χ4v) is 2.32. The Morgan fingerprint density at radius 2 is 2.16 bits per heavy atom. The van der Waals surface area contributed by atoms with Crippen molar-refractivity contribution >= 4 is 16.5 Å². The summed E-state index contributed by atoms with van der Waals surface area (Å²) in [5, 5.41) is 3.93. The summed E-state index contributed by atoms with van der Waals surface area (Å²) in [7, 11) is 0. The van der Waals surface area contributed by atoms with E-state index in [9.17, 15) is 0 Å². The number of anilines is 1. The van der Waals surface area contributed by atoms with Gasteiger partial charge in [0.1, 0.15) is 0 Å². The highest BCUT2D eigenvalue weighted by atomic mass is 32.1. The lowest BCUT2D eigenvalue weighted by Gasteiger charge is -1.98. The molecule has 6 heteroatoms. The lowest BCUT2D eigenvalue weighted by atomic mass is 10.1. The van der Waals surface area contributed by atoms with Crippen LogP contribution in [0.5, 0.6) is 0 Å². The fraction of sp³-hybridized carbons (Fsp3) is 0.154. The van der Waals surface area contributed by atoms with E-state index >= 15 is 0 Å². The number of hydrogen-bond acceptors (Lipinski definition) is 4. The third-order valence-electron chi connectivity index (χ3n) is 2.42. The molecular formula is C13H11N5S. The Morgan fingerprint density at radius 3 is 2.74 bits per heavy atom. The number of rotatable bonds is 2. The molecule has 0 amide bonds. The second-order valence-corrected chi connectivity index (χ2v) is 4.96. The van der Waals surface area contributed by atoms with Gasteiger partial charge in [-0.2, -0.15) is 0 Å². The van der Waals surface area contributed by atoms with Crippen molar-refractivity contribution in [3.8, 4) is 23.1 Å². The maximum atomic E-state index is 8.13. The van der Waals surface area contributed by atoms with Crippen molar-refractivity contribution in [1.82, 2.24) is 4.98 Å². The number of azide groups is 1. The molecule has 0 unspecified atom stereocenters. The highest BCUT2D eigenvalue weighted by Crippen LogP contribution is 2.28. The van der Waals surface area contributed by atoms with Crippen molar-refractivity contribution in [3.63, 3.8) is 0 Å².